The fourth-order valence-corrected chi connectivity index (χ4v) is 3.22. The maximum Gasteiger partial charge on any atom is 0.271 e. The number of nitrogens with zero attached hydrogens (tertiary/aromatic N) is 3. The molecule has 0 saturated carbocycles. The number of non-ortho nitro benzene ring substituents is 1. The van der Waals surface area contributed by atoms with Crippen LogP contribution in [0.5, 0.6) is 0 Å². The minimum Gasteiger partial charge on any atom is -0.317 e. The van der Waals surface area contributed by atoms with Crippen LogP contribution in [0.15, 0.2) is 53.6 Å². The van der Waals surface area contributed by atoms with Crippen LogP contribution in [-0.4, -0.2) is 15.7 Å². The summed E-state index contributed by atoms with van der Waals surface area (Å²) in [5.74, 6) is 0. The molecule has 3 rings (SSSR count). The van der Waals surface area contributed by atoms with Crippen LogP contribution in [-0.2, 0) is 6.54 Å². The van der Waals surface area contributed by atoms with E-state index in [1.165, 1.54) is 6.07 Å². The smallest absolute Gasteiger partial charge is 0.271 e. The molecule has 28 heavy (non-hydrogen) atoms. The van der Waals surface area contributed by atoms with Crippen molar-refractivity contribution in [3.05, 3.63) is 91.7 Å². The summed E-state index contributed by atoms with van der Waals surface area (Å²) in [6.45, 7) is 6.49. The normalized spacial score (nSPS) is 11.1. The molecule has 0 atom stereocenters. The van der Waals surface area contributed by atoms with Gasteiger partial charge in [0.05, 0.1) is 23.4 Å². The van der Waals surface area contributed by atoms with Gasteiger partial charge in [-0.05, 0) is 50.1 Å². The number of halogens is 1. The highest BCUT2D eigenvalue weighted by Crippen LogP contribution is 2.26. The number of hydrogen-bond donors (Lipinski definition) is 1. The molecule has 1 heterocycles. The maximum absolute atomic E-state index is 11.1. The molecule has 3 aromatic rings. The van der Waals surface area contributed by atoms with Crippen molar-refractivity contribution < 1.29 is 4.92 Å². The first-order chi connectivity index (χ1) is 13.4. The van der Waals surface area contributed by atoms with Crippen LogP contribution in [0, 0.1) is 30.9 Å². The quantitative estimate of drug-likeness (QED) is 0.358. The highest BCUT2D eigenvalue weighted by molar-refractivity contribution is 6.30. The zero-order valence-corrected chi connectivity index (χ0v) is 16.7. The predicted octanol–water partition coefficient (Wildman–Crippen LogP) is 5.09. The zero-order chi connectivity index (χ0) is 20.3. The third-order valence-corrected chi connectivity index (χ3v) is 4.86. The van der Waals surface area contributed by atoms with E-state index in [0.29, 0.717) is 11.6 Å². The van der Waals surface area contributed by atoms with Gasteiger partial charge in [0.1, 0.15) is 0 Å². The summed E-state index contributed by atoms with van der Waals surface area (Å²) in [5.41, 5.74) is 8.87. The van der Waals surface area contributed by atoms with Crippen molar-refractivity contribution in [3.63, 3.8) is 0 Å². The molecule has 0 aliphatic heterocycles. The number of hydrogen-bond acceptors (Lipinski definition) is 4. The fraction of sp³-hybridized carbons (Fsp3) is 0.190. The van der Waals surface area contributed by atoms with Crippen molar-refractivity contribution in [1.82, 2.24) is 9.99 Å². The summed E-state index contributed by atoms with van der Waals surface area (Å²) in [6.07, 6.45) is 1.77. The molecule has 144 valence electrons. The van der Waals surface area contributed by atoms with E-state index in [2.05, 4.69) is 10.5 Å². The molecule has 0 aliphatic carbocycles. The summed E-state index contributed by atoms with van der Waals surface area (Å²) in [7, 11) is 0. The highest BCUT2D eigenvalue weighted by Gasteiger charge is 2.15. The van der Waals surface area contributed by atoms with Crippen molar-refractivity contribution in [2.45, 2.75) is 27.3 Å². The Balaban J connectivity index is 1.81. The Morgan fingerprint density at radius 1 is 1.14 bits per heavy atom. The van der Waals surface area contributed by atoms with Gasteiger partial charge in [-0.2, -0.15) is 5.10 Å². The van der Waals surface area contributed by atoms with Gasteiger partial charge in [-0.3, -0.25) is 10.1 Å². The lowest BCUT2D eigenvalue weighted by Crippen LogP contribution is -2.06. The topological polar surface area (TPSA) is 72.5 Å². The molecule has 1 N–H and O–H groups in total. The lowest BCUT2D eigenvalue weighted by molar-refractivity contribution is -0.384. The Bertz CT molecular complexity index is 1040. The predicted molar refractivity (Wildman–Crippen MR) is 113 cm³/mol. The molecule has 0 spiro atoms. The van der Waals surface area contributed by atoms with E-state index in [0.717, 1.165) is 33.8 Å². The summed E-state index contributed by atoms with van der Waals surface area (Å²) in [5, 5.41) is 16.2. The standard InChI is InChI=1S/C21H21ClN4O2/c1-14-4-9-20(26(27)28)11-21(14)25-15(2)10-18(16(25)3)13-24-23-12-17-5-7-19(22)8-6-17/h4-11,13,23H,12H2,1-3H3/b24-13-. The molecule has 2 aromatic carbocycles. The van der Waals surface area contributed by atoms with E-state index in [4.69, 9.17) is 11.6 Å². The van der Waals surface area contributed by atoms with Crippen LogP contribution in [0.3, 0.4) is 0 Å². The van der Waals surface area contributed by atoms with Crippen molar-refractivity contribution in [2.75, 3.05) is 0 Å². The number of nitro groups is 1. The second-order valence-corrected chi connectivity index (χ2v) is 7.05. The Morgan fingerprint density at radius 2 is 1.86 bits per heavy atom. The van der Waals surface area contributed by atoms with Gasteiger partial charge < -0.3 is 9.99 Å². The zero-order valence-electron chi connectivity index (χ0n) is 15.9. The van der Waals surface area contributed by atoms with Gasteiger partial charge in [0.15, 0.2) is 0 Å². The number of aryl methyl sites for hydroxylation is 2. The molecule has 6 nitrogen and oxygen atoms in total. The minimum atomic E-state index is -0.375. The monoisotopic (exact) mass is 396 g/mol. The van der Waals surface area contributed by atoms with Crippen molar-refractivity contribution in [3.8, 4) is 5.69 Å². The number of rotatable bonds is 6. The SMILES string of the molecule is Cc1ccc([N+](=O)[O-])cc1-n1c(C)cc(/C=N\NCc2ccc(Cl)cc2)c1C. The molecule has 0 fully saturated rings. The third kappa shape index (κ3) is 4.23. The maximum atomic E-state index is 11.1. The molecule has 0 unspecified atom stereocenters. The summed E-state index contributed by atoms with van der Waals surface area (Å²) in [6, 6.07) is 14.5. The molecular weight excluding hydrogens is 376 g/mol. The van der Waals surface area contributed by atoms with E-state index >= 15 is 0 Å². The van der Waals surface area contributed by atoms with Crippen LogP contribution in [0.4, 0.5) is 5.69 Å². The third-order valence-electron chi connectivity index (χ3n) is 4.61. The summed E-state index contributed by atoms with van der Waals surface area (Å²) >= 11 is 5.89. The van der Waals surface area contributed by atoms with Gasteiger partial charge in [0.2, 0.25) is 0 Å². The molecule has 1 aromatic heterocycles. The Labute approximate surface area is 168 Å². The van der Waals surface area contributed by atoms with Crippen molar-refractivity contribution >= 4 is 23.5 Å². The van der Waals surface area contributed by atoms with Gasteiger partial charge in [-0.1, -0.05) is 29.8 Å². The number of benzene rings is 2. The second-order valence-electron chi connectivity index (χ2n) is 6.61. The van der Waals surface area contributed by atoms with Gasteiger partial charge in [-0.15, -0.1) is 0 Å². The van der Waals surface area contributed by atoms with Crippen LogP contribution in [0.2, 0.25) is 5.02 Å². The highest BCUT2D eigenvalue weighted by atomic mass is 35.5. The van der Waals surface area contributed by atoms with Crippen molar-refractivity contribution in [2.24, 2.45) is 5.10 Å². The van der Waals surface area contributed by atoms with Crippen LogP contribution in [0.1, 0.15) is 28.1 Å². The first-order valence-electron chi connectivity index (χ1n) is 8.81. The molecule has 0 bridgehead atoms. The van der Waals surface area contributed by atoms with Gasteiger partial charge in [0, 0.05) is 34.1 Å². The molecule has 0 saturated heterocycles. The number of aromatic nitrogens is 1. The van der Waals surface area contributed by atoms with E-state index in [9.17, 15) is 10.1 Å². The lowest BCUT2D eigenvalue weighted by Gasteiger charge is -2.12. The molecule has 7 heteroatoms. The minimum absolute atomic E-state index is 0.0768. The fourth-order valence-electron chi connectivity index (χ4n) is 3.10. The number of nitro benzene ring substituents is 1. The van der Waals surface area contributed by atoms with Crippen molar-refractivity contribution in [1.29, 1.82) is 0 Å². The largest absolute Gasteiger partial charge is 0.317 e. The van der Waals surface area contributed by atoms with Gasteiger partial charge >= 0.3 is 0 Å². The van der Waals surface area contributed by atoms with Gasteiger partial charge in [0.25, 0.3) is 5.69 Å². The molecule has 0 radical (unpaired) electrons. The van der Waals surface area contributed by atoms with E-state index in [-0.39, 0.29) is 10.6 Å². The molecule has 0 amide bonds. The lowest BCUT2D eigenvalue weighted by atomic mass is 10.1. The van der Waals surface area contributed by atoms with E-state index < -0.39 is 0 Å². The summed E-state index contributed by atoms with van der Waals surface area (Å²) in [4.78, 5) is 10.8. The number of nitrogens with one attached hydrogen (secondary N) is 1. The summed E-state index contributed by atoms with van der Waals surface area (Å²) < 4.78 is 2.02. The van der Waals surface area contributed by atoms with Crippen LogP contribution in [0.25, 0.3) is 5.69 Å². The van der Waals surface area contributed by atoms with Crippen LogP contribution >= 0.6 is 11.6 Å². The Hall–Kier alpha value is -3.12. The first-order valence-corrected chi connectivity index (χ1v) is 9.19. The van der Waals surface area contributed by atoms with Crippen LogP contribution < -0.4 is 5.43 Å². The average Bonchev–Trinajstić information content (AvgIpc) is 2.94. The Morgan fingerprint density at radius 3 is 2.54 bits per heavy atom. The second kappa shape index (κ2) is 8.27. The molecule has 0 aliphatic rings. The van der Waals surface area contributed by atoms with E-state index in [1.54, 1.807) is 18.3 Å². The van der Waals surface area contributed by atoms with Gasteiger partial charge in [-0.25, -0.2) is 0 Å². The average molecular weight is 397 g/mol. The number of hydrazone groups is 1. The van der Waals surface area contributed by atoms with E-state index in [1.807, 2.05) is 55.7 Å². The Kier molecular flexibility index (Phi) is 5.80. The first kappa shape index (κ1) is 19.6. The molecular formula is C21H21ClN4O2.